The van der Waals surface area contributed by atoms with Crippen molar-refractivity contribution in [3.63, 3.8) is 0 Å². The van der Waals surface area contributed by atoms with Gasteiger partial charge in [0.25, 0.3) is 0 Å². The van der Waals surface area contributed by atoms with Crippen LogP contribution in [0.25, 0.3) is 0 Å². The summed E-state index contributed by atoms with van der Waals surface area (Å²) in [6.07, 6.45) is -5.77. The highest BCUT2D eigenvalue weighted by molar-refractivity contribution is 5.88. The van der Waals surface area contributed by atoms with Crippen LogP contribution < -0.4 is 5.48 Å². The maximum atomic E-state index is 12.7. The van der Waals surface area contributed by atoms with E-state index in [-0.39, 0.29) is 16.7 Å². The second kappa shape index (κ2) is 11.8. The van der Waals surface area contributed by atoms with E-state index in [1.54, 1.807) is 13.0 Å². The van der Waals surface area contributed by atoms with E-state index >= 15 is 0 Å². The smallest absolute Gasteiger partial charge is 0.333 e. The molecule has 7 atom stereocenters. The van der Waals surface area contributed by atoms with Crippen LogP contribution in [0.1, 0.15) is 61.3 Å². The fraction of sp³-hybridized carbons (Fsp3) is 0.864. The van der Waals surface area contributed by atoms with Crippen molar-refractivity contribution in [1.29, 1.82) is 0 Å². The van der Waals surface area contributed by atoms with Gasteiger partial charge < -0.3 is 39.8 Å². The summed E-state index contributed by atoms with van der Waals surface area (Å²) in [7, 11) is 0. The molecule has 7 unspecified atom stereocenters. The van der Waals surface area contributed by atoms with Gasteiger partial charge >= 0.3 is 5.97 Å². The largest absolute Gasteiger partial charge is 0.453 e. The molecule has 32 heavy (non-hydrogen) atoms. The summed E-state index contributed by atoms with van der Waals surface area (Å²) in [5.41, 5.74) is 1.95. The predicted molar refractivity (Wildman–Crippen MR) is 115 cm³/mol. The van der Waals surface area contributed by atoms with Crippen LogP contribution in [0.5, 0.6) is 0 Å². The topological polar surface area (TPSA) is 158 Å². The number of esters is 1. The molecule has 0 aromatic carbocycles. The zero-order valence-electron chi connectivity index (χ0n) is 20.1. The van der Waals surface area contributed by atoms with Crippen molar-refractivity contribution >= 4 is 5.97 Å². The van der Waals surface area contributed by atoms with E-state index in [0.29, 0.717) is 5.57 Å². The van der Waals surface area contributed by atoms with E-state index in [2.05, 4.69) is 34.6 Å². The van der Waals surface area contributed by atoms with Gasteiger partial charge in [-0.3, -0.25) is 0 Å². The highest BCUT2D eigenvalue weighted by Gasteiger charge is 2.48. The van der Waals surface area contributed by atoms with E-state index in [1.807, 2.05) is 6.92 Å². The Balaban J connectivity index is 2.87. The number of aliphatic hydroxyl groups excluding tert-OH is 4. The molecule has 0 amide bonds. The molecule has 6 N–H and O–H groups in total. The molecule has 1 aliphatic heterocycles. The van der Waals surface area contributed by atoms with Crippen molar-refractivity contribution in [2.45, 2.75) is 98.4 Å². The molecule has 1 rings (SSSR count). The van der Waals surface area contributed by atoms with E-state index in [0.717, 1.165) is 12.8 Å². The molecule has 1 saturated heterocycles. The Labute approximate surface area is 190 Å². The number of rotatable bonds is 10. The summed E-state index contributed by atoms with van der Waals surface area (Å²) in [5, 5.41) is 48.2. The van der Waals surface area contributed by atoms with Gasteiger partial charge in [-0.15, -0.1) is 0 Å². The molecule has 10 heteroatoms. The van der Waals surface area contributed by atoms with Crippen molar-refractivity contribution in [3.05, 3.63) is 11.6 Å². The first-order valence-corrected chi connectivity index (χ1v) is 10.8. The molecule has 0 spiro atoms. The van der Waals surface area contributed by atoms with Crippen LogP contribution in [0, 0.1) is 16.7 Å². The van der Waals surface area contributed by atoms with Gasteiger partial charge in [0.2, 0.25) is 6.41 Å². The first-order chi connectivity index (χ1) is 14.6. The molecule has 0 aromatic heterocycles. The lowest BCUT2D eigenvalue weighted by atomic mass is 9.72. The highest BCUT2D eigenvalue weighted by atomic mass is 16.8. The number of hydrogen-bond acceptors (Lipinski definition) is 10. The first kappa shape index (κ1) is 28.9. The zero-order chi connectivity index (χ0) is 24.9. The molecule has 188 valence electrons. The number of aliphatic hydroxyl groups is 4. The Bertz CT molecular complexity index is 631. The molecular weight excluding hydrogens is 422 g/mol. The minimum absolute atomic E-state index is 0.0614. The maximum Gasteiger partial charge on any atom is 0.333 e. The van der Waals surface area contributed by atoms with Crippen molar-refractivity contribution in [1.82, 2.24) is 5.48 Å². The van der Waals surface area contributed by atoms with E-state index in [4.69, 9.17) is 19.4 Å². The first-order valence-electron chi connectivity index (χ1n) is 10.8. The summed E-state index contributed by atoms with van der Waals surface area (Å²) in [6, 6.07) is 0. The molecule has 0 aromatic rings. The highest BCUT2D eigenvalue weighted by Crippen LogP contribution is 2.38. The SMILES string of the molecule is C/C(=C\C(C)CC(C)(C)CC(C)(C)C)C(=O)OC1C(O)C(CO)OC(OC(O)NO)C1O. The number of allylic oxidation sites excluding steroid dienone is 1. The quantitative estimate of drug-likeness (QED) is 0.120. The molecule has 0 radical (unpaired) electrons. The van der Waals surface area contributed by atoms with Gasteiger partial charge in [-0.2, -0.15) is 5.48 Å². The second-order valence-electron chi connectivity index (χ2n) is 10.6. The van der Waals surface area contributed by atoms with Gasteiger partial charge in [0, 0.05) is 5.57 Å². The van der Waals surface area contributed by atoms with Crippen molar-refractivity contribution in [2.24, 2.45) is 16.7 Å². The Morgan fingerprint density at radius 2 is 1.78 bits per heavy atom. The number of hydrogen-bond donors (Lipinski definition) is 6. The summed E-state index contributed by atoms with van der Waals surface area (Å²) in [4.78, 5) is 12.7. The lowest BCUT2D eigenvalue weighted by Gasteiger charge is -2.41. The van der Waals surface area contributed by atoms with Crippen molar-refractivity contribution in [2.75, 3.05) is 6.61 Å². The average Bonchev–Trinajstić information content (AvgIpc) is 2.64. The van der Waals surface area contributed by atoms with Crippen LogP contribution in [0.15, 0.2) is 11.6 Å². The Morgan fingerprint density at radius 1 is 1.19 bits per heavy atom. The second-order valence-corrected chi connectivity index (χ2v) is 10.6. The molecular formula is C22H41NO9. The molecule has 10 nitrogen and oxygen atoms in total. The van der Waals surface area contributed by atoms with Crippen molar-refractivity contribution in [3.8, 4) is 0 Å². The van der Waals surface area contributed by atoms with E-state index in [1.165, 1.54) is 5.48 Å². The lowest BCUT2D eigenvalue weighted by Crippen LogP contribution is -2.61. The number of carbonyl (C=O) groups excluding carboxylic acids is 1. The fourth-order valence-electron chi connectivity index (χ4n) is 4.61. The van der Waals surface area contributed by atoms with Gasteiger partial charge in [-0.25, -0.2) is 4.79 Å². The maximum absolute atomic E-state index is 12.7. The summed E-state index contributed by atoms with van der Waals surface area (Å²) >= 11 is 0. The zero-order valence-corrected chi connectivity index (χ0v) is 20.1. The van der Waals surface area contributed by atoms with Gasteiger partial charge in [-0.05, 0) is 36.5 Å². The minimum Gasteiger partial charge on any atom is -0.453 e. The van der Waals surface area contributed by atoms with Gasteiger partial charge in [0.1, 0.15) is 18.3 Å². The normalized spacial score (nSPS) is 29.5. The summed E-state index contributed by atoms with van der Waals surface area (Å²) in [6.45, 7) is 13.9. The molecule has 1 heterocycles. The van der Waals surface area contributed by atoms with Crippen LogP contribution in [0.3, 0.4) is 0 Å². The van der Waals surface area contributed by atoms with Gasteiger partial charge in [0.05, 0.1) is 6.61 Å². The van der Waals surface area contributed by atoms with Gasteiger partial charge in [-0.1, -0.05) is 47.6 Å². The summed E-state index contributed by atoms with van der Waals surface area (Å²) < 4.78 is 15.4. The molecule has 0 bridgehead atoms. The Morgan fingerprint density at radius 3 is 2.28 bits per heavy atom. The minimum atomic E-state index is -1.90. The number of ether oxygens (including phenoxy) is 3. The molecule has 1 aliphatic rings. The third-order valence-corrected chi connectivity index (χ3v) is 5.18. The monoisotopic (exact) mass is 463 g/mol. The third-order valence-electron chi connectivity index (χ3n) is 5.18. The lowest BCUT2D eigenvalue weighted by molar-refractivity contribution is -0.345. The average molecular weight is 464 g/mol. The van der Waals surface area contributed by atoms with Crippen LogP contribution in [-0.2, 0) is 19.0 Å². The van der Waals surface area contributed by atoms with E-state index < -0.39 is 49.7 Å². The molecule has 0 saturated carbocycles. The third kappa shape index (κ3) is 9.03. The van der Waals surface area contributed by atoms with Crippen molar-refractivity contribution < 1.29 is 44.6 Å². The van der Waals surface area contributed by atoms with Crippen LogP contribution in [0.4, 0.5) is 0 Å². The summed E-state index contributed by atoms with van der Waals surface area (Å²) in [5.74, 6) is -0.664. The number of carbonyl (C=O) groups is 1. The number of hydroxylamine groups is 1. The fourth-order valence-corrected chi connectivity index (χ4v) is 4.61. The Hall–Kier alpha value is -1.11. The van der Waals surface area contributed by atoms with Crippen LogP contribution in [0.2, 0.25) is 0 Å². The predicted octanol–water partition coefficient (Wildman–Crippen LogP) is 1.04. The Kier molecular flexibility index (Phi) is 10.7. The van der Waals surface area contributed by atoms with Crippen LogP contribution in [-0.4, -0.2) is 75.3 Å². The standard InChI is InChI=1S/C22H41NO9/c1-12(9-22(6,7)11-21(3,4)5)8-13(2)18(27)31-17-15(25)14(10-24)30-19(16(17)26)32-20(28)23-29/h8,12,14-17,19-20,23-26,28-29H,9-11H2,1-7H3/b13-8+. The van der Waals surface area contributed by atoms with E-state index in [9.17, 15) is 25.2 Å². The van der Waals surface area contributed by atoms with Crippen LogP contribution >= 0.6 is 0 Å². The molecule has 1 fully saturated rings. The number of nitrogens with one attached hydrogen (secondary N) is 1. The van der Waals surface area contributed by atoms with Gasteiger partial charge in [0.15, 0.2) is 12.4 Å². The molecule has 0 aliphatic carbocycles.